The maximum absolute atomic E-state index is 11.3. The highest BCUT2D eigenvalue weighted by atomic mass is 32.2. The van der Waals surface area contributed by atoms with Crippen molar-refractivity contribution in [3.63, 3.8) is 0 Å². The third kappa shape index (κ3) is 4.08. The molecule has 5 heteroatoms. The molecule has 18 heavy (non-hydrogen) atoms. The molecule has 0 unspecified atom stereocenters. The van der Waals surface area contributed by atoms with Gasteiger partial charge in [-0.2, -0.15) is 8.42 Å². The van der Waals surface area contributed by atoms with Gasteiger partial charge in [-0.05, 0) is 31.5 Å². The first kappa shape index (κ1) is 13.5. The van der Waals surface area contributed by atoms with Gasteiger partial charge >= 0.3 is 0 Å². The minimum atomic E-state index is -3.43. The minimum absolute atomic E-state index is 0.373. The summed E-state index contributed by atoms with van der Waals surface area (Å²) in [5, 5.41) is 0. The molecule has 1 aromatic carbocycles. The van der Waals surface area contributed by atoms with Crippen LogP contribution in [-0.2, 0) is 14.3 Å². The summed E-state index contributed by atoms with van der Waals surface area (Å²) in [6.45, 7) is 3.11. The van der Waals surface area contributed by atoms with Crippen LogP contribution < -0.4 is 0 Å². The Bertz CT molecular complexity index is 468. The van der Waals surface area contributed by atoms with E-state index in [-0.39, 0.29) is 6.10 Å². The normalized spacial score (nSPS) is 18.3. The Morgan fingerprint density at radius 2 is 1.94 bits per heavy atom. The van der Waals surface area contributed by atoms with Gasteiger partial charge in [-0.15, -0.1) is 0 Å². The molecular weight excluding hydrogens is 250 g/mol. The van der Waals surface area contributed by atoms with Gasteiger partial charge in [0.1, 0.15) is 6.10 Å². The topological polar surface area (TPSA) is 46.6 Å². The van der Waals surface area contributed by atoms with Gasteiger partial charge in [0.05, 0.1) is 6.26 Å². The standard InChI is InChI=1S/C13H19NO3S/c1-18(15,16)17-13(8-11-14-9-5-10-14)12-6-3-2-4-7-12/h2-4,6-7,13H,5,8-11H2,1H3/t13-/m0/s1. The number of nitrogens with zero attached hydrogens (tertiary/aromatic N) is 1. The molecule has 0 aromatic heterocycles. The summed E-state index contributed by atoms with van der Waals surface area (Å²) in [5.74, 6) is 0. The fraction of sp³-hybridized carbons (Fsp3) is 0.538. The Hall–Kier alpha value is -0.910. The molecule has 0 amide bonds. The quantitative estimate of drug-likeness (QED) is 0.739. The van der Waals surface area contributed by atoms with E-state index in [4.69, 9.17) is 4.18 Å². The van der Waals surface area contributed by atoms with Crippen molar-refractivity contribution in [2.75, 3.05) is 25.9 Å². The molecular formula is C13H19NO3S. The highest BCUT2D eigenvalue weighted by Gasteiger charge is 2.20. The Labute approximate surface area is 109 Å². The van der Waals surface area contributed by atoms with E-state index in [1.165, 1.54) is 6.42 Å². The predicted molar refractivity (Wildman–Crippen MR) is 70.8 cm³/mol. The zero-order valence-electron chi connectivity index (χ0n) is 10.6. The molecule has 0 saturated carbocycles. The van der Waals surface area contributed by atoms with Crippen molar-refractivity contribution < 1.29 is 12.6 Å². The average Bonchev–Trinajstić information content (AvgIpc) is 2.25. The van der Waals surface area contributed by atoms with E-state index in [0.717, 1.165) is 31.5 Å². The van der Waals surface area contributed by atoms with Crippen LogP contribution in [0.25, 0.3) is 0 Å². The van der Waals surface area contributed by atoms with Crippen molar-refractivity contribution in [1.29, 1.82) is 0 Å². The van der Waals surface area contributed by atoms with Crippen LogP contribution in [0, 0.1) is 0 Å². The largest absolute Gasteiger partial charge is 0.303 e. The van der Waals surface area contributed by atoms with E-state index in [9.17, 15) is 8.42 Å². The van der Waals surface area contributed by atoms with Gasteiger partial charge in [-0.1, -0.05) is 30.3 Å². The maximum atomic E-state index is 11.3. The molecule has 1 atom stereocenters. The van der Waals surface area contributed by atoms with Crippen LogP contribution in [0.3, 0.4) is 0 Å². The van der Waals surface area contributed by atoms with Crippen molar-refractivity contribution in [2.24, 2.45) is 0 Å². The lowest BCUT2D eigenvalue weighted by molar-refractivity contribution is 0.134. The maximum Gasteiger partial charge on any atom is 0.264 e. The molecule has 0 bridgehead atoms. The minimum Gasteiger partial charge on any atom is -0.303 e. The SMILES string of the molecule is CS(=O)(=O)O[C@@H](CCN1CCC1)c1ccccc1. The Morgan fingerprint density at radius 3 is 2.44 bits per heavy atom. The van der Waals surface area contributed by atoms with E-state index >= 15 is 0 Å². The molecule has 4 nitrogen and oxygen atoms in total. The van der Waals surface area contributed by atoms with Crippen LogP contribution >= 0.6 is 0 Å². The summed E-state index contributed by atoms with van der Waals surface area (Å²) >= 11 is 0. The van der Waals surface area contributed by atoms with E-state index in [1.54, 1.807) is 0 Å². The van der Waals surface area contributed by atoms with Gasteiger partial charge in [0, 0.05) is 6.54 Å². The number of hydrogen-bond acceptors (Lipinski definition) is 4. The van der Waals surface area contributed by atoms with Crippen LogP contribution in [0.1, 0.15) is 24.5 Å². The molecule has 0 aliphatic carbocycles. The predicted octanol–water partition coefficient (Wildman–Crippen LogP) is 1.80. The van der Waals surface area contributed by atoms with Crippen molar-refractivity contribution in [3.05, 3.63) is 35.9 Å². The monoisotopic (exact) mass is 269 g/mol. The van der Waals surface area contributed by atoms with Crippen LogP contribution in [0.15, 0.2) is 30.3 Å². The molecule has 0 N–H and O–H groups in total. The molecule has 100 valence electrons. The highest BCUT2D eigenvalue weighted by Crippen LogP contribution is 2.24. The molecule has 1 fully saturated rings. The lowest BCUT2D eigenvalue weighted by atomic mass is 10.1. The third-order valence-corrected chi connectivity index (χ3v) is 3.70. The summed E-state index contributed by atoms with van der Waals surface area (Å²) in [7, 11) is -3.43. The van der Waals surface area contributed by atoms with Gasteiger partial charge < -0.3 is 4.90 Å². The van der Waals surface area contributed by atoms with E-state index in [2.05, 4.69) is 4.90 Å². The Balaban J connectivity index is 2.02. The van der Waals surface area contributed by atoms with Crippen molar-refractivity contribution in [1.82, 2.24) is 4.90 Å². The van der Waals surface area contributed by atoms with E-state index in [1.807, 2.05) is 30.3 Å². The zero-order chi connectivity index (χ0) is 13.0. The van der Waals surface area contributed by atoms with Gasteiger partial charge in [0.15, 0.2) is 0 Å². The van der Waals surface area contributed by atoms with Gasteiger partial charge in [0.2, 0.25) is 0 Å². The summed E-state index contributed by atoms with van der Waals surface area (Å²) in [5.41, 5.74) is 0.920. The molecule has 1 saturated heterocycles. The second kappa shape index (κ2) is 5.82. The summed E-state index contributed by atoms with van der Waals surface area (Å²) in [6, 6.07) is 9.53. The Kier molecular flexibility index (Phi) is 4.37. The lowest BCUT2D eigenvalue weighted by Gasteiger charge is -2.31. The van der Waals surface area contributed by atoms with Gasteiger partial charge in [-0.25, -0.2) is 0 Å². The highest BCUT2D eigenvalue weighted by molar-refractivity contribution is 7.86. The summed E-state index contributed by atoms with van der Waals surface area (Å²) in [4.78, 5) is 2.31. The molecule has 1 aliphatic heterocycles. The molecule has 0 spiro atoms. The van der Waals surface area contributed by atoms with Crippen LogP contribution in [-0.4, -0.2) is 39.2 Å². The molecule has 1 heterocycles. The van der Waals surface area contributed by atoms with Crippen LogP contribution in [0.5, 0.6) is 0 Å². The fourth-order valence-electron chi connectivity index (χ4n) is 2.05. The third-order valence-electron chi connectivity index (χ3n) is 3.12. The van der Waals surface area contributed by atoms with E-state index < -0.39 is 10.1 Å². The molecule has 1 aromatic rings. The number of likely N-dealkylation sites (tertiary alicyclic amines) is 1. The van der Waals surface area contributed by atoms with Crippen LogP contribution in [0.2, 0.25) is 0 Å². The smallest absolute Gasteiger partial charge is 0.264 e. The Morgan fingerprint density at radius 1 is 1.28 bits per heavy atom. The number of benzene rings is 1. The number of rotatable bonds is 6. The van der Waals surface area contributed by atoms with Crippen molar-refractivity contribution >= 4 is 10.1 Å². The summed E-state index contributed by atoms with van der Waals surface area (Å²) < 4.78 is 27.8. The van der Waals surface area contributed by atoms with Crippen molar-refractivity contribution in [2.45, 2.75) is 18.9 Å². The molecule has 0 radical (unpaired) electrons. The summed E-state index contributed by atoms with van der Waals surface area (Å²) in [6.07, 6.45) is 2.67. The first-order valence-corrected chi connectivity index (χ1v) is 8.02. The van der Waals surface area contributed by atoms with Crippen molar-refractivity contribution in [3.8, 4) is 0 Å². The average molecular weight is 269 g/mol. The fourth-order valence-corrected chi connectivity index (χ4v) is 2.68. The first-order valence-electron chi connectivity index (χ1n) is 6.20. The number of hydrogen-bond donors (Lipinski definition) is 0. The second-order valence-electron chi connectivity index (χ2n) is 4.68. The lowest BCUT2D eigenvalue weighted by Crippen LogP contribution is -2.38. The first-order chi connectivity index (χ1) is 8.54. The zero-order valence-corrected chi connectivity index (χ0v) is 11.4. The van der Waals surface area contributed by atoms with Gasteiger partial charge in [0.25, 0.3) is 10.1 Å². The second-order valence-corrected chi connectivity index (χ2v) is 6.28. The van der Waals surface area contributed by atoms with Gasteiger partial charge in [-0.3, -0.25) is 4.18 Å². The van der Waals surface area contributed by atoms with E-state index in [0.29, 0.717) is 6.42 Å². The van der Waals surface area contributed by atoms with Crippen LogP contribution in [0.4, 0.5) is 0 Å². The molecule has 1 aliphatic rings. The molecule has 2 rings (SSSR count).